The molecule has 0 bridgehead atoms. The number of hydrogen-bond acceptors (Lipinski definition) is 6. The van der Waals surface area contributed by atoms with E-state index in [4.69, 9.17) is 4.74 Å². The lowest BCUT2D eigenvalue weighted by Crippen LogP contribution is -2.37. The van der Waals surface area contributed by atoms with E-state index in [0.717, 1.165) is 11.3 Å². The minimum Gasteiger partial charge on any atom is -0.494 e. The smallest absolute Gasteiger partial charge is 0.233 e. The van der Waals surface area contributed by atoms with Crippen molar-refractivity contribution in [1.82, 2.24) is 25.1 Å². The molecule has 3 aromatic rings. The molecule has 7 nitrogen and oxygen atoms in total. The minimum atomic E-state index is 0.0402. The largest absolute Gasteiger partial charge is 0.494 e. The molecule has 1 heterocycles. The number of benzene rings is 2. The Kier molecular flexibility index (Phi) is 6.65. The molecule has 0 atom stereocenters. The molecule has 0 fully saturated rings. The number of aromatic nitrogens is 4. The number of rotatable bonds is 8. The number of ether oxygens (including phenoxy) is 1. The van der Waals surface area contributed by atoms with E-state index in [-0.39, 0.29) is 17.7 Å². The number of methoxy groups -OCH3 is 1. The molecule has 0 aliphatic rings. The van der Waals surface area contributed by atoms with E-state index in [1.807, 2.05) is 73.3 Å². The predicted octanol–water partition coefficient (Wildman–Crippen LogP) is 3.20. The molecule has 0 aliphatic heterocycles. The Morgan fingerprint density at radius 2 is 1.86 bits per heavy atom. The molecule has 0 radical (unpaired) electrons. The van der Waals surface area contributed by atoms with E-state index >= 15 is 0 Å². The van der Waals surface area contributed by atoms with E-state index in [1.54, 1.807) is 11.8 Å². The van der Waals surface area contributed by atoms with Crippen molar-refractivity contribution < 1.29 is 9.53 Å². The van der Waals surface area contributed by atoms with Gasteiger partial charge in [-0.2, -0.15) is 4.68 Å². The summed E-state index contributed by atoms with van der Waals surface area (Å²) in [4.78, 5) is 14.7. The van der Waals surface area contributed by atoms with Crippen LogP contribution in [0.4, 0.5) is 0 Å². The first-order chi connectivity index (χ1) is 13.6. The molecule has 0 spiro atoms. The van der Waals surface area contributed by atoms with E-state index in [2.05, 4.69) is 15.5 Å². The van der Waals surface area contributed by atoms with E-state index in [9.17, 15) is 4.79 Å². The fraction of sp³-hybridized carbons (Fsp3) is 0.300. The van der Waals surface area contributed by atoms with Crippen molar-refractivity contribution >= 4 is 17.7 Å². The summed E-state index contributed by atoms with van der Waals surface area (Å²) in [6, 6.07) is 17.6. The summed E-state index contributed by atoms with van der Waals surface area (Å²) in [6.07, 6.45) is 0. The molecular weight excluding hydrogens is 374 g/mol. The lowest BCUT2D eigenvalue weighted by atomic mass is 10.2. The molecule has 1 aromatic heterocycles. The maximum Gasteiger partial charge on any atom is 0.233 e. The average Bonchev–Trinajstić information content (AvgIpc) is 3.19. The number of thioether (sulfide) groups is 1. The summed E-state index contributed by atoms with van der Waals surface area (Å²) >= 11 is 1.31. The number of hydrogen-bond donors (Lipinski definition) is 0. The van der Waals surface area contributed by atoms with Crippen LogP contribution in [-0.2, 0) is 11.3 Å². The zero-order valence-electron chi connectivity index (χ0n) is 16.1. The van der Waals surface area contributed by atoms with Crippen molar-refractivity contribution in [3.05, 3.63) is 60.2 Å². The number of nitrogens with zero attached hydrogens (tertiary/aromatic N) is 5. The highest BCUT2D eigenvalue weighted by Crippen LogP contribution is 2.26. The van der Waals surface area contributed by atoms with Crippen LogP contribution in [0.5, 0.6) is 5.75 Å². The van der Waals surface area contributed by atoms with Crippen LogP contribution in [0, 0.1) is 0 Å². The van der Waals surface area contributed by atoms with Crippen LogP contribution in [0.25, 0.3) is 5.69 Å². The Morgan fingerprint density at radius 1 is 1.14 bits per heavy atom. The summed E-state index contributed by atoms with van der Waals surface area (Å²) in [5.41, 5.74) is 1.84. The number of carbonyl (C=O) groups excluding carboxylic acids is 1. The van der Waals surface area contributed by atoms with Gasteiger partial charge in [0.05, 0.1) is 12.9 Å². The zero-order chi connectivity index (χ0) is 19.9. The van der Waals surface area contributed by atoms with Crippen LogP contribution in [-0.4, -0.2) is 49.9 Å². The van der Waals surface area contributed by atoms with Crippen molar-refractivity contribution in [1.29, 1.82) is 0 Å². The van der Waals surface area contributed by atoms with E-state index < -0.39 is 0 Å². The normalized spacial score (nSPS) is 10.9. The Hall–Kier alpha value is -2.87. The van der Waals surface area contributed by atoms with Crippen LogP contribution in [0.1, 0.15) is 19.4 Å². The molecule has 0 N–H and O–H groups in total. The Morgan fingerprint density at radius 3 is 2.57 bits per heavy atom. The van der Waals surface area contributed by atoms with Gasteiger partial charge in [0, 0.05) is 12.6 Å². The molecule has 1 amide bonds. The number of carbonyl (C=O) groups is 1. The first kappa shape index (κ1) is 19.9. The van der Waals surface area contributed by atoms with Crippen LogP contribution < -0.4 is 4.74 Å². The lowest BCUT2D eigenvalue weighted by Gasteiger charge is -2.26. The quantitative estimate of drug-likeness (QED) is 0.544. The standard InChI is InChI=1S/C20H23N5O2S/c1-15(2)24(13-16-9-5-4-6-10-16)19(26)14-28-20-21-22-23-25(20)17-11-7-8-12-18(17)27-3/h4-12,15H,13-14H2,1-3H3. The van der Waals surface area contributed by atoms with Crippen molar-refractivity contribution in [2.45, 2.75) is 31.6 Å². The number of amides is 1. The summed E-state index contributed by atoms with van der Waals surface area (Å²) in [5, 5.41) is 12.4. The number of para-hydroxylation sites is 2. The van der Waals surface area contributed by atoms with Gasteiger partial charge in [-0.3, -0.25) is 4.79 Å². The molecule has 0 saturated carbocycles. The third-order valence-electron chi connectivity index (χ3n) is 4.22. The van der Waals surface area contributed by atoms with E-state index in [0.29, 0.717) is 17.5 Å². The van der Waals surface area contributed by atoms with Crippen molar-refractivity contribution in [2.24, 2.45) is 0 Å². The van der Waals surface area contributed by atoms with Gasteiger partial charge >= 0.3 is 0 Å². The highest BCUT2D eigenvalue weighted by atomic mass is 32.2. The van der Waals surface area contributed by atoms with Gasteiger partial charge in [0.15, 0.2) is 0 Å². The third-order valence-corrected chi connectivity index (χ3v) is 5.12. The van der Waals surface area contributed by atoms with Crippen LogP contribution in [0.15, 0.2) is 59.8 Å². The highest BCUT2D eigenvalue weighted by molar-refractivity contribution is 7.99. The van der Waals surface area contributed by atoms with Crippen molar-refractivity contribution in [2.75, 3.05) is 12.9 Å². The second-order valence-corrected chi connectivity index (χ2v) is 7.38. The third kappa shape index (κ3) is 4.69. The molecule has 0 unspecified atom stereocenters. The number of tetrazole rings is 1. The zero-order valence-corrected chi connectivity index (χ0v) is 17.0. The van der Waals surface area contributed by atoms with Gasteiger partial charge in [0.2, 0.25) is 11.1 Å². The maximum absolute atomic E-state index is 12.9. The minimum absolute atomic E-state index is 0.0402. The first-order valence-corrected chi connectivity index (χ1v) is 9.96. The second kappa shape index (κ2) is 9.36. The van der Waals surface area contributed by atoms with Crippen LogP contribution >= 0.6 is 11.8 Å². The predicted molar refractivity (Wildman–Crippen MR) is 109 cm³/mol. The molecule has 0 saturated heterocycles. The first-order valence-electron chi connectivity index (χ1n) is 8.98. The highest BCUT2D eigenvalue weighted by Gasteiger charge is 2.20. The van der Waals surface area contributed by atoms with Gasteiger partial charge in [-0.25, -0.2) is 0 Å². The Balaban J connectivity index is 1.71. The van der Waals surface area contributed by atoms with Gasteiger partial charge in [-0.05, 0) is 42.0 Å². The van der Waals surface area contributed by atoms with Crippen LogP contribution in [0.3, 0.4) is 0 Å². The molecule has 0 aliphatic carbocycles. The second-order valence-electron chi connectivity index (χ2n) is 6.43. The van der Waals surface area contributed by atoms with E-state index in [1.165, 1.54) is 11.8 Å². The fourth-order valence-electron chi connectivity index (χ4n) is 2.77. The fourth-order valence-corrected chi connectivity index (χ4v) is 3.54. The van der Waals surface area contributed by atoms with Crippen molar-refractivity contribution in [3.63, 3.8) is 0 Å². The average molecular weight is 398 g/mol. The summed E-state index contributed by atoms with van der Waals surface area (Å²) in [7, 11) is 1.60. The maximum atomic E-state index is 12.9. The molecule has 28 heavy (non-hydrogen) atoms. The van der Waals surface area contributed by atoms with Gasteiger partial charge in [0.25, 0.3) is 0 Å². The topological polar surface area (TPSA) is 73.1 Å². The van der Waals surface area contributed by atoms with Gasteiger partial charge in [-0.1, -0.05) is 54.2 Å². The summed E-state index contributed by atoms with van der Waals surface area (Å²) in [6.45, 7) is 4.62. The monoisotopic (exact) mass is 397 g/mol. The summed E-state index contributed by atoms with van der Waals surface area (Å²) < 4.78 is 6.98. The summed E-state index contributed by atoms with van der Waals surface area (Å²) in [5.74, 6) is 0.954. The Labute approximate surface area is 168 Å². The molecule has 2 aromatic carbocycles. The van der Waals surface area contributed by atoms with Gasteiger partial charge < -0.3 is 9.64 Å². The molecule has 146 valence electrons. The lowest BCUT2D eigenvalue weighted by molar-refractivity contribution is -0.130. The van der Waals surface area contributed by atoms with Crippen LogP contribution in [0.2, 0.25) is 0 Å². The van der Waals surface area contributed by atoms with Gasteiger partial charge in [0.1, 0.15) is 11.4 Å². The molecule has 8 heteroatoms. The van der Waals surface area contributed by atoms with Crippen molar-refractivity contribution in [3.8, 4) is 11.4 Å². The molecule has 3 rings (SSSR count). The SMILES string of the molecule is COc1ccccc1-n1nnnc1SCC(=O)N(Cc1ccccc1)C(C)C. The van der Waals surface area contributed by atoms with Gasteiger partial charge in [-0.15, -0.1) is 5.10 Å². The molecular formula is C20H23N5O2S. The Bertz CT molecular complexity index is 914.